The maximum atomic E-state index is 9.12. The van der Waals surface area contributed by atoms with E-state index in [0.29, 0.717) is 70.6 Å². The van der Waals surface area contributed by atoms with Gasteiger partial charge in [0.05, 0.1) is 210 Å². The summed E-state index contributed by atoms with van der Waals surface area (Å²) in [5, 5.41) is 15.2. The molecule has 14 aromatic heterocycles. The van der Waals surface area contributed by atoms with E-state index in [1.165, 1.54) is 29.0 Å². The summed E-state index contributed by atoms with van der Waals surface area (Å²) >= 11 is 10.0. The predicted octanol–water partition coefficient (Wildman–Crippen LogP) is 22.9. The minimum atomic E-state index is -0.0566. The smallest absolute Gasteiger partial charge is 0.213 e. The average Bonchev–Trinajstić information content (AvgIpc) is 1.65. The molecule has 0 atom stereocenters. The first-order valence-electron chi connectivity index (χ1n) is 47.6. The second-order valence-corrected chi connectivity index (χ2v) is 40.9. The van der Waals surface area contributed by atoms with Gasteiger partial charge in [-0.2, -0.15) is 0 Å². The Kier molecular flexibility index (Phi) is 38.9. The molecule has 742 valence electrons. The summed E-state index contributed by atoms with van der Waals surface area (Å²) in [4.78, 5) is 102. The zero-order valence-electron chi connectivity index (χ0n) is 83.9. The Bertz CT molecular complexity index is 7460. The molecule has 0 spiro atoms. The fourth-order valence-corrected chi connectivity index (χ4v) is 19.7. The number of aliphatic hydroxyl groups is 1. The van der Waals surface area contributed by atoms with Crippen molar-refractivity contribution >= 4 is 180 Å². The number of aliphatic hydroxyl groups excluding tert-OH is 1. The van der Waals surface area contributed by atoms with Gasteiger partial charge < -0.3 is 33.8 Å². The van der Waals surface area contributed by atoms with Gasteiger partial charge in [0.1, 0.15) is 54.8 Å². The van der Waals surface area contributed by atoms with Crippen LogP contribution in [0.3, 0.4) is 0 Å². The summed E-state index contributed by atoms with van der Waals surface area (Å²) in [6, 6.07) is 83.8. The van der Waals surface area contributed by atoms with E-state index in [9.17, 15) is 0 Å². The molecule has 0 amide bonds. The van der Waals surface area contributed by atoms with Crippen molar-refractivity contribution in [3.8, 4) is 11.6 Å². The van der Waals surface area contributed by atoms with Crippen LogP contribution in [0.1, 0.15) is 130 Å². The predicted molar refractivity (Wildman–Crippen MR) is 605 cm³/mol. The third-order valence-electron chi connectivity index (χ3n) is 22.3. The number of aromatic nitrogens is 15. The molecule has 0 fully saturated rings. The summed E-state index contributed by atoms with van der Waals surface area (Å²) in [6.07, 6.45) is 8.93. The van der Waals surface area contributed by atoms with Gasteiger partial charge in [-0.3, -0.25) is 54.9 Å². The van der Waals surface area contributed by atoms with E-state index >= 15 is 0 Å². The number of ether oxygens (including phenoxy) is 2. The Morgan fingerprint density at radius 1 is 0.295 bits per heavy atom. The molecule has 6 aromatic carbocycles. The Balaban J connectivity index is 0.000000132. The van der Waals surface area contributed by atoms with Crippen LogP contribution in [0.5, 0.6) is 11.6 Å². The van der Waals surface area contributed by atoms with Crippen LogP contribution in [0.4, 0.5) is 0 Å². The number of hydrogen-bond acceptors (Lipinski definition) is 33. The number of hydrogen-bond donors (Lipinski definition) is 1. The van der Waals surface area contributed by atoms with Crippen LogP contribution in [-0.4, -0.2) is 209 Å². The van der Waals surface area contributed by atoms with Gasteiger partial charge in [-0.25, -0.2) is 49.8 Å². The van der Waals surface area contributed by atoms with Crippen LogP contribution in [0, 0.1) is 0 Å². The van der Waals surface area contributed by atoms with E-state index in [-0.39, 0.29) is 6.61 Å². The van der Waals surface area contributed by atoms with E-state index in [1.54, 1.807) is 98.9 Å². The molecule has 34 heteroatoms. The van der Waals surface area contributed by atoms with Gasteiger partial charge in [0.25, 0.3) is 0 Å². The first kappa shape index (κ1) is 106. The number of thiazole rings is 6. The third-order valence-corrected chi connectivity index (χ3v) is 28.4. The van der Waals surface area contributed by atoms with Crippen LogP contribution in [0.25, 0.3) is 72.3 Å². The number of rotatable bonds is 33. The largest absolute Gasteiger partial charge is 0.492 e. The summed E-state index contributed by atoms with van der Waals surface area (Å²) in [5.74, 6) is 2.45. The zero-order valence-corrected chi connectivity index (χ0v) is 88.8. The maximum absolute atomic E-state index is 9.12. The lowest BCUT2D eigenvalue weighted by Gasteiger charge is -2.13. The van der Waals surface area contributed by atoms with Gasteiger partial charge >= 0.3 is 0 Å². The van der Waals surface area contributed by atoms with Crippen molar-refractivity contribution in [1.82, 2.24) is 89.0 Å². The number of pyridine rings is 7. The highest BCUT2D eigenvalue weighted by Crippen LogP contribution is 2.30. The number of fused-ring (bicyclic) bond motifs is 7. The number of nitrogens with zero attached hydrogens (tertiary/aromatic N) is 25. The van der Waals surface area contributed by atoms with Crippen LogP contribution in [0.2, 0.25) is 0 Å². The molecule has 20 rings (SSSR count). The SMILES string of the molecule is CC(=NCc1nc2ccccc2n1CCN(C)C)c1ccccn1.CC(=NCc1nc2ccccc2s1)c1cc(OCCN(C)C)ccn1.CC(=NCc1nc2ccccc2s1)c1cccc(C(C)=NCc2nc3ccccc3s2)n1.CC(=NCc1nc2ccccc2s1)c1cccc(CO)n1.CC(=NCc1nc2ccccc2s1)c1cccc(OCCN(C)C)n1.CC(=NCc1nc2ccncc2s1)c1ccccn1. The highest BCUT2D eigenvalue weighted by molar-refractivity contribution is 7.20. The minimum Gasteiger partial charge on any atom is -0.492 e. The monoisotopic (exact) mass is 2050 g/mol. The van der Waals surface area contributed by atoms with Gasteiger partial charge in [0.15, 0.2) is 0 Å². The molecule has 0 saturated carbocycles. The van der Waals surface area contributed by atoms with Crippen molar-refractivity contribution in [3.05, 3.63) is 367 Å². The molecule has 0 bridgehead atoms. The van der Waals surface area contributed by atoms with Gasteiger partial charge in [-0.05, 0) is 230 Å². The van der Waals surface area contributed by atoms with Crippen LogP contribution >= 0.6 is 68.0 Å². The highest BCUT2D eigenvalue weighted by atomic mass is 32.1. The number of benzene rings is 6. The Morgan fingerprint density at radius 3 is 1.05 bits per heavy atom. The van der Waals surface area contributed by atoms with Crippen molar-refractivity contribution in [2.75, 3.05) is 75.1 Å². The second-order valence-electron chi connectivity index (χ2n) is 34.2. The molecular weight excluding hydrogens is 1940 g/mol. The fourth-order valence-electron chi connectivity index (χ4n) is 14.3. The van der Waals surface area contributed by atoms with Gasteiger partial charge in [-0.15, -0.1) is 68.0 Å². The summed E-state index contributed by atoms with van der Waals surface area (Å²) in [6.45, 7) is 22.6. The summed E-state index contributed by atoms with van der Waals surface area (Å²) < 4.78 is 20.8. The molecule has 1 N–H and O–H groups in total. The lowest BCUT2D eigenvalue weighted by atomic mass is 10.2. The molecule has 0 unspecified atom stereocenters. The van der Waals surface area contributed by atoms with Crippen molar-refractivity contribution in [2.45, 2.75) is 107 Å². The minimum absolute atomic E-state index is 0.0566. The standard InChI is InChI=1S/C25H21N5S2.C19H23N5.2C19H22N4OS.C16H15N3OS.C14H12N4S/c1-16(26-14-24-29-20-8-3-5-12-22(20)31-24)18-10-7-11-19(28-18)17(2)27-15-25-30-21-9-4-6-13-23(21)32-25;1-15(16-8-6-7-11-20-16)21-14-19-22-17-9-4-5-10-18(17)24(19)13-12-23(2)3;1-14(15-8-6-10-18(21-15)24-12-11-23(2)3)20-13-19-22-16-7-4-5-9-17(16)25-19;1-14(17-12-15(8-9-20-17)24-11-10-23(2)3)21-13-19-22-16-6-4-5-7-18(16)25-19;1-11(13-7-4-5-12(10-20)18-13)17-9-16-19-14-6-2-3-8-15(14)21-16;1-10(11-4-2-3-6-16-11)17-9-14-18-12-5-7-15-8-13(12)19-14/h3-13H,14-15H2,1-2H3;4-11H,12-14H2,1-3H3;4-10H,11-13H2,1-3H3;4-9,12H,10-11,13H2,1-3H3;2-8,20H,9-10H2,1H3;2-8H,9H2,1H3. The van der Waals surface area contributed by atoms with Crippen molar-refractivity contribution in [2.24, 2.45) is 34.9 Å². The fraction of sp³-hybridized carbons (Fsp3) is 0.241. The highest BCUT2D eigenvalue weighted by Gasteiger charge is 2.16. The third kappa shape index (κ3) is 31.4. The van der Waals surface area contributed by atoms with Crippen molar-refractivity contribution in [3.63, 3.8) is 0 Å². The van der Waals surface area contributed by atoms with Crippen LogP contribution in [0.15, 0.2) is 321 Å². The Hall–Kier alpha value is -14.7. The number of para-hydroxylation sites is 7. The van der Waals surface area contributed by atoms with Crippen molar-refractivity contribution in [1.29, 1.82) is 0 Å². The molecule has 0 aliphatic heterocycles. The Labute approximate surface area is 873 Å². The van der Waals surface area contributed by atoms with Crippen molar-refractivity contribution < 1.29 is 14.6 Å². The normalized spacial score (nSPS) is 12.2. The number of aliphatic imine (C=N–C) groups is 7. The number of likely N-dealkylation sites (N-methyl/N-ethyl adjacent to an activating group) is 3. The quantitative estimate of drug-likeness (QED) is 0.0373. The zero-order chi connectivity index (χ0) is 102. The summed E-state index contributed by atoms with van der Waals surface area (Å²) in [7, 11) is 12.3. The molecule has 0 saturated heterocycles. The number of imidazole rings is 1. The molecule has 14 heterocycles. The molecule has 28 nitrogen and oxygen atoms in total. The van der Waals surface area contributed by atoms with Gasteiger partial charge in [-0.1, -0.05) is 103 Å². The molecule has 20 aromatic rings. The van der Waals surface area contributed by atoms with E-state index in [4.69, 9.17) is 39.5 Å². The molecule has 0 aliphatic carbocycles. The topological polar surface area (TPSA) is 320 Å². The first-order chi connectivity index (χ1) is 71.1. The summed E-state index contributed by atoms with van der Waals surface area (Å²) in [5.41, 5.74) is 21.2. The average molecular weight is 2050 g/mol. The van der Waals surface area contributed by atoms with Gasteiger partial charge in [0, 0.05) is 69.3 Å². The Morgan fingerprint density at radius 2 is 0.637 bits per heavy atom. The molecular formula is C112H115N25O3S6. The second kappa shape index (κ2) is 53.8. The lowest BCUT2D eigenvalue weighted by Crippen LogP contribution is -2.19. The first-order valence-corrected chi connectivity index (χ1v) is 52.5. The molecule has 0 radical (unpaired) electrons. The van der Waals surface area contributed by atoms with Crippen LogP contribution in [-0.2, 0) is 59.0 Å². The van der Waals surface area contributed by atoms with Gasteiger partial charge in [0.2, 0.25) is 5.88 Å². The van der Waals surface area contributed by atoms with E-state index in [1.807, 2.05) is 283 Å². The van der Waals surface area contributed by atoms with E-state index < -0.39 is 0 Å². The molecule has 146 heavy (non-hydrogen) atoms. The van der Waals surface area contributed by atoms with E-state index in [0.717, 1.165) is 191 Å². The maximum Gasteiger partial charge on any atom is 0.213 e. The van der Waals surface area contributed by atoms with E-state index in [2.05, 4.69) is 162 Å². The van der Waals surface area contributed by atoms with Crippen LogP contribution < -0.4 is 9.47 Å². The lowest BCUT2D eigenvalue weighted by molar-refractivity contribution is 0.254. The molecule has 0 aliphatic rings.